The van der Waals surface area contributed by atoms with Crippen molar-refractivity contribution in [3.63, 3.8) is 0 Å². The van der Waals surface area contributed by atoms with Gasteiger partial charge in [0.2, 0.25) is 15.9 Å². The van der Waals surface area contributed by atoms with Crippen LogP contribution in [-0.4, -0.2) is 48.7 Å². The smallest absolute Gasteiger partial charge is 0.238 e. The molecule has 0 bridgehead atoms. The zero-order valence-corrected chi connectivity index (χ0v) is 14.6. The van der Waals surface area contributed by atoms with E-state index in [0.717, 1.165) is 0 Å². The number of hydrogen-bond acceptors (Lipinski definition) is 3. The number of carbonyl (C=O) groups excluding carboxylic acids is 1. The van der Waals surface area contributed by atoms with Gasteiger partial charge in [0.1, 0.15) is 0 Å². The van der Waals surface area contributed by atoms with Gasteiger partial charge in [-0.2, -0.15) is 4.31 Å². The summed E-state index contributed by atoms with van der Waals surface area (Å²) in [6, 6.07) is 6.85. The van der Waals surface area contributed by atoms with Crippen molar-refractivity contribution in [1.82, 2.24) is 9.21 Å². The molecule has 0 N–H and O–H groups in total. The second-order valence-corrected chi connectivity index (χ2v) is 8.77. The maximum atomic E-state index is 12.5. The number of piperazine rings is 1. The zero-order valence-electron chi connectivity index (χ0n) is 13.0. The monoisotopic (exact) mass is 344 g/mol. The summed E-state index contributed by atoms with van der Waals surface area (Å²) >= 11 is 6.02. The molecule has 1 heterocycles. The van der Waals surface area contributed by atoms with E-state index in [1.807, 2.05) is 20.8 Å². The molecule has 5 nitrogen and oxygen atoms in total. The Bertz CT molecular complexity index is 668. The molecule has 0 aliphatic carbocycles. The number of amides is 1. The number of hydrogen-bond donors (Lipinski definition) is 0. The van der Waals surface area contributed by atoms with Crippen LogP contribution in [0.15, 0.2) is 24.3 Å². The SMILES string of the molecule is CC(C)(C)N1CCN(S(=O)(=O)Cc2ccccc2Cl)CC1=O. The van der Waals surface area contributed by atoms with E-state index in [4.69, 9.17) is 11.6 Å². The van der Waals surface area contributed by atoms with E-state index in [1.54, 1.807) is 29.2 Å². The molecule has 1 amide bonds. The third kappa shape index (κ3) is 3.80. The normalized spacial score (nSPS) is 17.8. The molecule has 0 aromatic heterocycles. The number of rotatable bonds is 3. The number of benzene rings is 1. The average molecular weight is 345 g/mol. The van der Waals surface area contributed by atoms with Crippen LogP contribution in [0.4, 0.5) is 0 Å². The molecule has 1 aromatic carbocycles. The van der Waals surface area contributed by atoms with Crippen molar-refractivity contribution in [3.05, 3.63) is 34.9 Å². The molecule has 1 aliphatic rings. The molecule has 1 fully saturated rings. The lowest BCUT2D eigenvalue weighted by Crippen LogP contribution is -2.58. The van der Waals surface area contributed by atoms with Gasteiger partial charge >= 0.3 is 0 Å². The van der Waals surface area contributed by atoms with Crippen LogP contribution in [0.25, 0.3) is 0 Å². The third-order valence-corrected chi connectivity index (χ3v) is 5.83. The highest BCUT2D eigenvalue weighted by Crippen LogP contribution is 2.22. The molecule has 0 atom stereocenters. The van der Waals surface area contributed by atoms with Gasteiger partial charge < -0.3 is 4.90 Å². The molecule has 1 saturated heterocycles. The highest BCUT2D eigenvalue weighted by molar-refractivity contribution is 7.88. The number of nitrogens with zero attached hydrogens (tertiary/aromatic N) is 2. The summed E-state index contributed by atoms with van der Waals surface area (Å²) in [5.41, 5.74) is 0.255. The first-order chi connectivity index (χ1) is 10.1. The molecule has 22 heavy (non-hydrogen) atoms. The van der Waals surface area contributed by atoms with Gasteiger partial charge in [-0.25, -0.2) is 8.42 Å². The first-order valence-corrected chi connectivity index (χ1v) is 9.12. The molecule has 7 heteroatoms. The van der Waals surface area contributed by atoms with Crippen LogP contribution >= 0.6 is 11.6 Å². The maximum Gasteiger partial charge on any atom is 0.238 e. The van der Waals surface area contributed by atoms with E-state index in [0.29, 0.717) is 23.7 Å². The van der Waals surface area contributed by atoms with E-state index in [9.17, 15) is 13.2 Å². The molecule has 1 aliphatic heterocycles. The lowest BCUT2D eigenvalue weighted by molar-refractivity contribution is -0.139. The van der Waals surface area contributed by atoms with Gasteiger partial charge in [0.05, 0.1) is 12.3 Å². The van der Waals surface area contributed by atoms with Crippen LogP contribution in [0.2, 0.25) is 5.02 Å². The van der Waals surface area contributed by atoms with E-state index in [2.05, 4.69) is 0 Å². The van der Waals surface area contributed by atoms with Crippen molar-refractivity contribution in [2.45, 2.75) is 32.1 Å². The predicted molar refractivity (Wildman–Crippen MR) is 87.1 cm³/mol. The topological polar surface area (TPSA) is 57.7 Å². The van der Waals surface area contributed by atoms with Gasteiger partial charge in [0.25, 0.3) is 0 Å². The summed E-state index contributed by atoms with van der Waals surface area (Å²) in [5.74, 6) is -0.350. The van der Waals surface area contributed by atoms with Crippen LogP contribution in [0.5, 0.6) is 0 Å². The molecular weight excluding hydrogens is 324 g/mol. The van der Waals surface area contributed by atoms with Gasteiger partial charge in [-0.05, 0) is 32.4 Å². The summed E-state index contributed by atoms with van der Waals surface area (Å²) in [6.45, 7) is 6.44. The Kier molecular flexibility index (Phi) is 4.84. The summed E-state index contributed by atoms with van der Waals surface area (Å²) < 4.78 is 26.3. The summed E-state index contributed by atoms with van der Waals surface area (Å²) in [7, 11) is -3.56. The first-order valence-electron chi connectivity index (χ1n) is 7.13. The number of sulfonamides is 1. The van der Waals surface area contributed by atoms with E-state index in [1.165, 1.54) is 4.31 Å². The Labute approximate surface area is 136 Å². The van der Waals surface area contributed by atoms with Crippen molar-refractivity contribution in [2.24, 2.45) is 0 Å². The molecular formula is C15H21ClN2O3S. The molecule has 1 aromatic rings. The summed E-state index contributed by atoms with van der Waals surface area (Å²) in [5, 5.41) is 0.422. The highest BCUT2D eigenvalue weighted by Gasteiger charge is 2.36. The second-order valence-electron chi connectivity index (χ2n) is 6.40. The van der Waals surface area contributed by atoms with Gasteiger partial charge in [0.15, 0.2) is 0 Å². The predicted octanol–water partition coefficient (Wildman–Crippen LogP) is 2.11. The lowest BCUT2D eigenvalue weighted by Gasteiger charge is -2.41. The fraction of sp³-hybridized carbons (Fsp3) is 0.533. The fourth-order valence-corrected chi connectivity index (χ4v) is 4.28. The van der Waals surface area contributed by atoms with Gasteiger partial charge in [-0.1, -0.05) is 29.8 Å². The number of carbonyl (C=O) groups is 1. The minimum atomic E-state index is -3.56. The van der Waals surface area contributed by atoms with Crippen LogP contribution < -0.4 is 0 Å². The molecule has 2 rings (SSSR count). The highest BCUT2D eigenvalue weighted by atomic mass is 35.5. The fourth-order valence-electron chi connectivity index (χ4n) is 2.50. The van der Waals surface area contributed by atoms with Crippen LogP contribution in [-0.2, 0) is 20.6 Å². The van der Waals surface area contributed by atoms with E-state index >= 15 is 0 Å². The van der Waals surface area contributed by atoms with Gasteiger partial charge in [-0.3, -0.25) is 4.79 Å². The summed E-state index contributed by atoms with van der Waals surface area (Å²) in [6.07, 6.45) is 0. The first kappa shape index (κ1) is 17.2. The second kappa shape index (κ2) is 6.18. The number of halogens is 1. The molecule has 0 unspecified atom stereocenters. The van der Waals surface area contributed by atoms with E-state index < -0.39 is 10.0 Å². The lowest BCUT2D eigenvalue weighted by atomic mass is 10.1. The Morgan fingerprint density at radius 3 is 2.36 bits per heavy atom. The van der Waals surface area contributed by atoms with Crippen molar-refractivity contribution < 1.29 is 13.2 Å². The van der Waals surface area contributed by atoms with Crippen LogP contribution in [0, 0.1) is 0 Å². The van der Waals surface area contributed by atoms with Crippen LogP contribution in [0.3, 0.4) is 0 Å². The molecule has 0 saturated carbocycles. The van der Waals surface area contributed by atoms with Crippen molar-refractivity contribution >= 4 is 27.5 Å². The van der Waals surface area contributed by atoms with Crippen LogP contribution in [0.1, 0.15) is 26.3 Å². The van der Waals surface area contributed by atoms with Gasteiger partial charge in [0, 0.05) is 23.7 Å². The maximum absolute atomic E-state index is 12.5. The standard InChI is InChI=1S/C15H21ClN2O3S/c1-15(2,3)18-9-8-17(10-14(18)19)22(20,21)11-12-6-4-5-7-13(12)16/h4-7H,8-11H2,1-3H3. The van der Waals surface area contributed by atoms with Gasteiger partial charge in [-0.15, -0.1) is 0 Å². The molecule has 0 radical (unpaired) electrons. The molecule has 122 valence electrons. The third-order valence-electron chi connectivity index (χ3n) is 3.68. The average Bonchev–Trinajstić information content (AvgIpc) is 2.39. The Morgan fingerprint density at radius 1 is 1.18 bits per heavy atom. The Morgan fingerprint density at radius 2 is 1.82 bits per heavy atom. The van der Waals surface area contributed by atoms with E-state index in [-0.39, 0.29) is 23.7 Å². The van der Waals surface area contributed by atoms with Crippen molar-refractivity contribution in [2.75, 3.05) is 19.6 Å². The minimum Gasteiger partial charge on any atom is -0.335 e. The quantitative estimate of drug-likeness (QED) is 0.843. The van der Waals surface area contributed by atoms with Crippen molar-refractivity contribution in [1.29, 1.82) is 0 Å². The Balaban J connectivity index is 2.13. The minimum absolute atomic E-state index is 0.107. The largest absolute Gasteiger partial charge is 0.335 e. The van der Waals surface area contributed by atoms with Crippen molar-refractivity contribution in [3.8, 4) is 0 Å². The zero-order chi connectivity index (χ0) is 16.5. The molecule has 0 spiro atoms. The Hall–Kier alpha value is -1.11. The summed E-state index contributed by atoms with van der Waals surface area (Å²) in [4.78, 5) is 13.9.